The van der Waals surface area contributed by atoms with Gasteiger partial charge in [-0.3, -0.25) is 14.4 Å². The predicted octanol–water partition coefficient (Wildman–Crippen LogP) is 4.14. The van der Waals surface area contributed by atoms with E-state index in [-0.39, 0.29) is 36.8 Å². The van der Waals surface area contributed by atoms with Crippen LogP contribution in [-0.2, 0) is 19.1 Å². The van der Waals surface area contributed by atoms with E-state index >= 15 is 0 Å². The first kappa shape index (κ1) is 28.6. The molecule has 6 atom stereocenters. The lowest BCUT2D eigenvalue weighted by Gasteiger charge is -2.41. The average molecular weight is 590 g/mol. The quantitative estimate of drug-likeness (QED) is 0.530. The molecular weight excluding hydrogens is 554 g/mol. The van der Waals surface area contributed by atoms with Crippen LogP contribution in [-0.4, -0.2) is 70.7 Å². The normalized spacial score (nSPS) is 31.3. The van der Waals surface area contributed by atoms with Crippen molar-refractivity contribution >= 4 is 40.7 Å². The van der Waals surface area contributed by atoms with Crippen molar-refractivity contribution in [3.8, 4) is 0 Å². The molecule has 2 fully saturated rings. The van der Waals surface area contributed by atoms with Gasteiger partial charge in [0.25, 0.3) is 5.91 Å². The Hall–Kier alpha value is -3.46. The molecule has 0 radical (unpaired) electrons. The number of carbonyl (C=O) groups excluding carboxylic acids is 3. The number of hydrogen-bond donors (Lipinski definition) is 1. The van der Waals surface area contributed by atoms with Gasteiger partial charge in [0.1, 0.15) is 11.6 Å². The molecule has 0 aliphatic carbocycles. The van der Waals surface area contributed by atoms with Crippen LogP contribution in [0.15, 0.2) is 72.8 Å². The Balaban J connectivity index is 1.53. The van der Waals surface area contributed by atoms with E-state index in [1.165, 1.54) is 4.90 Å². The zero-order valence-electron chi connectivity index (χ0n) is 24.2. The molecule has 220 valence electrons. The number of hydrogen-bond acceptors (Lipinski definition) is 5. The largest absolute Gasteiger partial charge is 0.394 e. The Bertz CT molecular complexity index is 1470. The van der Waals surface area contributed by atoms with Crippen molar-refractivity contribution in [2.45, 2.75) is 51.0 Å². The van der Waals surface area contributed by atoms with E-state index in [1.807, 2.05) is 94.5 Å². The molecule has 42 heavy (non-hydrogen) atoms. The van der Waals surface area contributed by atoms with Crippen molar-refractivity contribution in [2.24, 2.45) is 17.8 Å². The number of fused-ring (bicyclic) bond motifs is 2. The molecule has 0 bridgehead atoms. The molecule has 1 N–H and O–H groups in total. The number of ether oxygens (including phenoxy) is 1. The number of rotatable bonds is 5. The second kappa shape index (κ2) is 10.4. The van der Waals surface area contributed by atoms with Crippen molar-refractivity contribution < 1.29 is 24.2 Å². The molecule has 2 aromatic rings. The number of aryl methyl sites for hydroxylation is 1. The number of amides is 3. The molecular formula is C33H36ClN3O5. The van der Waals surface area contributed by atoms with Crippen molar-refractivity contribution in [1.82, 2.24) is 4.90 Å². The maximum absolute atomic E-state index is 14.8. The Labute approximate surface area is 251 Å². The van der Waals surface area contributed by atoms with Crippen LogP contribution in [0.2, 0.25) is 5.02 Å². The van der Waals surface area contributed by atoms with E-state index in [9.17, 15) is 19.5 Å². The highest BCUT2D eigenvalue weighted by Gasteiger charge is 2.75. The minimum absolute atomic E-state index is 0.165. The second-order valence-electron chi connectivity index (χ2n) is 12.2. The fourth-order valence-corrected chi connectivity index (χ4v) is 7.77. The van der Waals surface area contributed by atoms with Crippen molar-refractivity contribution in [1.29, 1.82) is 0 Å². The molecule has 1 spiro atoms. The summed E-state index contributed by atoms with van der Waals surface area (Å²) < 4.78 is 6.93. The van der Waals surface area contributed by atoms with Gasteiger partial charge in [0.15, 0.2) is 0 Å². The summed E-state index contributed by atoms with van der Waals surface area (Å²) in [7, 11) is 0. The summed E-state index contributed by atoms with van der Waals surface area (Å²) >= 11 is 6.64. The third kappa shape index (κ3) is 4.07. The zero-order chi connectivity index (χ0) is 30.0. The lowest BCUT2D eigenvalue weighted by molar-refractivity contribution is -0.149. The Morgan fingerprint density at radius 3 is 2.29 bits per heavy atom. The summed E-state index contributed by atoms with van der Waals surface area (Å²) in [6.45, 7) is 7.74. The smallest absolute Gasteiger partial charge is 0.253 e. The summed E-state index contributed by atoms with van der Waals surface area (Å²) in [4.78, 5) is 48.7. The number of para-hydroxylation sites is 2. The van der Waals surface area contributed by atoms with E-state index in [2.05, 4.69) is 0 Å². The first-order chi connectivity index (χ1) is 20.1. The number of carbonyl (C=O) groups is 3. The van der Waals surface area contributed by atoms with Gasteiger partial charge in [0.2, 0.25) is 11.8 Å². The van der Waals surface area contributed by atoms with Gasteiger partial charge in [-0.2, -0.15) is 0 Å². The first-order valence-corrected chi connectivity index (χ1v) is 14.8. The summed E-state index contributed by atoms with van der Waals surface area (Å²) in [5.74, 6) is -3.00. The van der Waals surface area contributed by atoms with Crippen LogP contribution in [0.1, 0.15) is 26.3 Å². The molecule has 3 amide bonds. The highest BCUT2D eigenvalue weighted by Crippen LogP contribution is 2.58. The zero-order valence-corrected chi connectivity index (χ0v) is 25.0. The third-order valence-electron chi connectivity index (χ3n) is 9.34. The number of nitrogens with zero attached hydrogens (tertiary/aromatic N) is 3. The number of anilines is 2. The van der Waals surface area contributed by atoms with Gasteiger partial charge in [0.05, 0.1) is 40.8 Å². The summed E-state index contributed by atoms with van der Waals surface area (Å²) in [5, 5.41) is 11.0. The lowest BCUT2D eigenvalue weighted by Crippen LogP contribution is -2.59. The van der Waals surface area contributed by atoms with Gasteiger partial charge in [-0.05, 0) is 43.5 Å². The van der Waals surface area contributed by atoms with Gasteiger partial charge in [0, 0.05) is 18.8 Å². The fourth-order valence-electron chi connectivity index (χ4n) is 7.44. The van der Waals surface area contributed by atoms with E-state index in [1.54, 1.807) is 15.9 Å². The summed E-state index contributed by atoms with van der Waals surface area (Å²) in [6, 6.07) is 13.0. The number of benzene rings is 2. The second-order valence-corrected chi connectivity index (χ2v) is 12.6. The average Bonchev–Trinajstić information content (AvgIpc) is 3.22. The first-order valence-electron chi connectivity index (χ1n) is 14.5. The summed E-state index contributed by atoms with van der Waals surface area (Å²) in [6.07, 6.45) is 7.41. The van der Waals surface area contributed by atoms with E-state index in [0.29, 0.717) is 17.3 Å². The highest BCUT2D eigenvalue weighted by molar-refractivity contribution is 6.34. The number of likely N-dealkylation sites (tertiary alicyclic amines) is 1. The Morgan fingerprint density at radius 2 is 1.62 bits per heavy atom. The minimum atomic E-state index is -1.43. The van der Waals surface area contributed by atoms with Crippen LogP contribution >= 0.6 is 11.6 Å². The van der Waals surface area contributed by atoms with Crippen LogP contribution in [0.25, 0.3) is 0 Å². The Morgan fingerprint density at radius 1 is 0.929 bits per heavy atom. The van der Waals surface area contributed by atoms with Gasteiger partial charge >= 0.3 is 0 Å². The topological polar surface area (TPSA) is 90.4 Å². The number of aliphatic hydroxyl groups excluding tert-OH is 1. The standard InChI is InChI=1S/C33H36ClN3O5/c1-20(2)24(19-38)37-28-31(41)36(27-21(3)11-8-14-23(27)34)18-10-16-33(28)26(30(37)40)25-29(39)35(22-12-6-5-7-13-22)17-9-15-32(25,4)42-33/h5-16,20,24-26,28,38H,17-19H2,1-4H3/t24-,25+,26-,28?,32-,33-/m0/s1. The van der Waals surface area contributed by atoms with Crippen LogP contribution in [0, 0.1) is 24.7 Å². The summed E-state index contributed by atoms with van der Waals surface area (Å²) in [5.41, 5.74) is -0.468. The van der Waals surface area contributed by atoms with E-state index < -0.39 is 35.1 Å². The van der Waals surface area contributed by atoms with E-state index in [4.69, 9.17) is 16.3 Å². The SMILES string of the molecule is Cc1cccc(Cl)c1N1CC=C[C@]23O[C@@]4(C)C=CCN(c5ccccc5)C(=O)[C@H]4[C@H]2C(=O)N([C@@H](CO)C(C)C)C3C1=O. The van der Waals surface area contributed by atoms with E-state index in [0.717, 1.165) is 11.3 Å². The molecule has 1 unspecified atom stereocenters. The molecule has 0 aromatic heterocycles. The van der Waals surface area contributed by atoms with Crippen molar-refractivity contribution in [3.63, 3.8) is 0 Å². The van der Waals surface area contributed by atoms with Gasteiger partial charge < -0.3 is 24.5 Å². The predicted molar refractivity (Wildman–Crippen MR) is 161 cm³/mol. The third-order valence-corrected chi connectivity index (χ3v) is 9.64. The van der Waals surface area contributed by atoms with Gasteiger partial charge in [-0.1, -0.05) is 80.1 Å². The molecule has 6 rings (SSSR count). The Kier molecular flexibility index (Phi) is 7.07. The molecule has 2 saturated heterocycles. The number of halogens is 1. The fraction of sp³-hybridized carbons (Fsp3) is 0.424. The molecule has 0 saturated carbocycles. The van der Waals surface area contributed by atoms with Crippen LogP contribution in [0.4, 0.5) is 11.4 Å². The molecule has 2 aromatic carbocycles. The lowest BCUT2D eigenvalue weighted by atomic mass is 9.74. The number of aliphatic hydroxyl groups is 1. The molecule has 4 heterocycles. The molecule has 8 nitrogen and oxygen atoms in total. The van der Waals surface area contributed by atoms with Gasteiger partial charge in [-0.25, -0.2) is 0 Å². The maximum atomic E-state index is 14.8. The highest BCUT2D eigenvalue weighted by atomic mass is 35.5. The van der Waals surface area contributed by atoms with Crippen LogP contribution in [0.5, 0.6) is 0 Å². The monoisotopic (exact) mass is 589 g/mol. The maximum Gasteiger partial charge on any atom is 0.253 e. The molecule has 4 aliphatic rings. The van der Waals surface area contributed by atoms with Crippen LogP contribution in [0.3, 0.4) is 0 Å². The van der Waals surface area contributed by atoms with Crippen LogP contribution < -0.4 is 9.80 Å². The van der Waals surface area contributed by atoms with Crippen molar-refractivity contribution in [3.05, 3.63) is 83.4 Å². The van der Waals surface area contributed by atoms with Gasteiger partial charge in [-0.15, -0.1) is 0 Å². The minimum Gasteiger partial charge on any atom is -0.394 e. The van der Waals surface area contributed by atoms with Crippen molar-refractivity contribution in [2.75, 3.05) is 29.5 Å². The molecule has 4 aliphatic heterocycles. The molecule has 9 heteroatoms.